The highest BCUT2D eigenvalue weighted by Gasteiger charge is 2.42. The summed E-state index contributed by atoms with van der Waals surface area (Å²) in [6.07, 6.45) is 2.27. The van der Waals surface area contributed by atoms with Crippen LogP contribution < -0.4 is 14.2 Å². The summed E-state index contributed by atoms with van der Waals surface area (Å²) in [7, 11) is 0. The zero-order valence-corrected chi connectivity index (χ0v) is 16.9. The van der Waals surface area contributed by atoms with Crippen LogP contribution in [0.2, 0.25) is 5.02 Å². The Kier molecular flexibility index (Phi) is 6.35. The first-order chi connectivity index (χ1) is 13.4. The zero-order chi connectivity index (χ0) is 20.1. The molecule has 0 aliphatic carbocycles. The molecule has 5 nitrogen and oxygen atoms in total. The topological polar surface area (TPSA) is 65.0 Å². The molecule has 0 amide bonds. The summed E-state index contributed by atoms with van der Waals surface area (Å²) < 4.78 is 17.3. The molecule has 1 aliphatic heterocycles. The second kappa shape index (κ2) is 8.74. The molecule has 0 saturated heterocycles. The van der Waals surface area contributed by atoms with E-state index >= 15 is 0 Å². The van der Waals surface area contributed by atoms with Crippen LogP contribution in [0.1, 0.15) is 37.3 Å². The molecule has 0 aromatic heterocycles. The van der Waals surface area contributed by atoms with Gasteiger partial charge < -0.3 is 19.3 Å². The highest BCUT2D eigenvalue weighted by molar-refractivity contribution is 6.32. The maximum atomic E-state index is 11.6. The highest BCUT2D eigenvalue weighted by Crippen LogP contribution is 2.37. The van der Waals surface area contributed by atoms with Gasteiger partial charge in [-0.3, -0.25) is 0 Å². The Balaban J connectivity index is 1.52. The third kappa shape index (κ3) is 4.53. The minimum absolute atomic E-state index is 0.422. The fraction of sp³-hybridized carbons (Fsp3) is 0.409. The number of fused-ring (bicyclic) bond motifs is 1. The van der Waals surface area contributed by atoms with Gasteiger partial charge in [0.25, 0.3) is 0 Å². The fourth-order valence-corrected chi connectivity index (χ4v) is 3.52. The molecule has 28 heavy (non-hydrogen) atoms. The van der Waals surface area contributed by atoms with Gasteiger partial charge in [0.05, 0.1) is 18.2 Å². The van der Waals surface area contributed by atoms with Crippen LogP contribution in [0.25, 0.3) is 0 Å². The van der Waals surface area contributed by atoms with Crippen LogP contribution in [0.5, 0.6) is 17.2 Å². The Morgan fingerprint density at radius 3 is 2.71 bits per heavy atom. The summed E-state index contributed by atoms with van der Waals surface area (Å²) in [6, 6.07) is 11.3. The van der Waals surface area contributed by atoms with Crippen molar-refractivity contribution in [1.29, 1.82) is 0 Å². The number of carboxylic acids is 1. The average molecular weight is 405 g/mol. The Morgan fingerprint density at radius 2 is 2.00 bits per heavy atom. The van der Waals surface area contributed by atoms with Crippen LogP contribution in [0, 0.1) is 6.92 Å². The zero-order valence-electron chi connectivity index (χ0n) is 16.2. The van der Waals surface area contributed by atoms with Gasteiger partial charge in [-0.1, -0.05) is 30.7 Å². The van der Waals surface area contributed by atoms with Crippen LogP contribution in [0.3, 0.4) is 0 Å². The monoisotopic (exact) mass is 404 g/mol. The lowest BCUT2D eigenvalue weighted by Gasteiger charge is -2.34. The number of ether oxygens (including phenoxy) is 3. The predicted molar refractivity (Wildman–Crippen MR) is 108 cm³/mol. The molecule has 2 aromatic rings. The summed E-state index contributed by atoms with van der Waals surface area (Å²) in [5.41, 5.74) is 0.951. The van der Waals surface area contributed by atoms with Crippen molar-refractivity contribution >= 4 is 17.6 Å². The molecular formula is C22H25ClO5. The SMILES string of the molecule is CC[C@]1(C(=O)O)CCc2ccc(OCCCOc3ccc(C)cc3Cl)cc2O1. The van der Waals surface area contributed by atoms with E-state index in [1.54, 1.807) is 6.07 Å². The minimum Gasteiger partial charge on any atom is -0.493 e. The molecule has 0 spiro atoms. The van der Waals surface area contributed by atoms with Crippen molar-refractivity contribution in [3.63, 3.8) is 0 Å². The van der Waals surface area contributed by atoms with E-state index < -0.39 is 11.6 Å². The van der Waals surface area contributed by atoms with Crippen LogP contribution in [0.4, 0.5) is 0 Å². The van der Waals surface area contributed by atoms with Crippen molar-refractivity contribution in [2.24, 2.45) is 0 Å². The Morgan fingerprint density at radius 1 is 1.21 bits per heavy atom. The van der Waals surface area contributed by atoms with E-state index in [-0.39, 0.29) is 0 Å². The second-order valence-electron chi connectivity index (χ2n) is 7.01. The first-order valence-corrected chi connectivity index (χ1v) is 9.88. The van der Waals surface area contributed by atoms with Gasteiger partial charge in [-0.2, -0.15) is 0 Å². The lowest BCUT2D eigenvalue weighted by Crippen LogP contribution is -2.46. The van der Waals surface area contributed by atoms with Crippen LogP contribution in [-0.4, -0.2) is 29.9 Å². The van der Waals surface area contributed by atoms with Gasteiger partial charge in [0.15, 0.2) is 0 Å². The van der Waals surface area contributed by atoms with Crippen molar-refractivity contribution in [1.82, 2.24) is 0 Å². The van der Waals surface area contributed by atoms with Crippen molar-refractivity contribution in [3.8, 4) is 17.2 Å². The molecule has 1 atom stereocenters. The number of benzene rings is 2. The van der Waals surface area contributed by atoms with E-state index in [1.807, 2.05) is 44.2 Å². The number of halogens is 1. The van der Waals surface area contributed by atoms with Gasteiger partial charge in [0, 0.05) is 18.9 Å². The molecule has 0 fully saturated rings. The third-order valence-corrected chi connectivity index (χ3v) is 5.30. The lowest BCUT2D eigenvalue weighted by molar-refractivity contribution is -0.157. The van der Waals surface area contributed by atoms with E-state index in [2.05, 4.69) is 0 Å². The van der Waals surface area contributed by atoms with Crippen LogP contribution >= 0.6 is 11.6 Å². The molecule has 6 heteroatoms. The fourth-order valence-electron chi connectivity index (χ4n) is 3.23. The summed E-state index contributed by atoms with van der Waals surface area (Å²) in [4.78, 5) is 11.6. The molecule has 0 bridgehead atoms. The van der Waals surface area contributed by atoms with Crippen LogP contribution in [-0.2, 0) is 11.2 Å². The molecular weight excluding hydrogens is 380 g/mol. The van der Waals surface area contributed by atoms with Gasteiger partial charge in [-0.05, 0) is 49.1 Å². The molecule has 0 saturated carbocycles. The summed E-state index contributed by atoms with van der Waals surface area (Å²) in [5, 5.41) is 10.1. The number of hydrogen-bond donors (Lipinski definition) is 1. The predicted octanol–water partition coefficient (Wildman–Crippen LogP) is 5.05. The minimum atomic E-state index is -1.15. The number of aliphatic carboxylic acids is 1. The number of aryl methyl sites for hydroxylation is 2. The van der Waals surface area contributed by atoms with Gasteiger partial charge in [-0.15, -0.1) is 0 Å². The Hall–Kier alpha value is -2.40. The van der Waals surface area contributed by atoms with Crippen molar-refractivity contribution in [2.45, 2.75) is 45.1 Å². The molecule has 3 rings (SSSR count). The van der Waals surface area contributed by atoms with Crippen molar-refractivity contribution in [3.05, 3.63) is 52.5 Å². The number of rotatable bonds is 8. The number of carbonyl (C=O) groups is 1. The lowest BCUT2D eigenvalue weighted by atomic mass is 9.89. The molecule has 2 aromatic carbocycles. The Labute approximate surface area is 170 Å². The van der Waals surface area contributed by atoms with Gasteiger partial charge >= 0.3 is 5.97 Å². The van der Waals surface area contributed by atoms with E-state index in [1.165, 1.54) is 0 Å². The average Bonchev–Trinajstić information content (AvgIpc) is 2.68. The van der Waals surface area contributed by atoms with Gasteiger partial charge in [0.1, 0.15) is 17.2 Å². The first-order valence-electron chi connectivity index (χ1n) is 9.50. The molecule has 1 aliphatic rings. The van der Waals surface area contributed by atoms with Gasteiger partial charge in [-0.25, -0.2) is 4.79 Å². The molecule has 1 heterocycles. The third-order valence-electron chi connectivity index (χ3n) is 5.01. The van der Waals surface area contributed by atoms with E-state index in [0.717, 1.165) is 11.1 Å². The van der Waals surface area contributed by atoms with E-state index in [0.29, 0.717) is 61.2 Å². The first kappa shape index (κ1) is 20.3. The van der Waals surface area contributed by atoms with Crippen molar-refractivity contribution in [2.75, 3.05) is 13.2 Å². The van der Waals surface area contributed by atoms with Gasteiger partial charge in [0.2, 0.25) is 5.60 Å². The smallest absolute Gasteiger partial charge is 0.348 e. The van der Waals surface area contributed by atoms with Crippen molar-refractivity contribution < 1.29 is 24.1 Å². The highest BCUT2D eigenvalue weighted by atomic mass is 35.5. The van der Waals surface area contributed by atoms with E-state index in [9.17, 15) is 9.90 Å². The largest absolute Gasteiger partial charge is 0.493 e. The molecule has 150 valence electrons. The second-order valence-corrected chi connectivity index (χ2v) is 7.42. The normalized spacial score (nSPS) is 18.1. The number of hydrogen-bond acceptors (Lipinski definition) is 4. The summed E-state index contributed by atoms with van der Waals surface area (Å²) in [6.45, 7) is 4.77. The standard InChI is InChI=1S/C22H25ClO5/c1-3-22(21(24)25)10-9-16-6-7-17(14-20(16)28-22)26-11-4-12-27-19-8-5-15(2)13-18(19)23/h5-8,13-14H,3-4,9-12H2,1-2H3,(H,24,25)/t22-/m1/s1. The molecule has 0 unspecified atom stereocenters. The molecule has 0 radical (unpaired) electrons. The van der Waals surface area contributed by atoms with Crippen LogP contribution in [0.15, 0.2) is 36.4 Å². The maximum Gasteiger partial charge on any atom is 0.348 e. The Bertz CT molecular complexity index is 851. The maximum absolute atomic E-state index is 11.6. The van der Waals surface area contributed by atoms with E-state index in [4.69, 9.17) is 25.8 Å². The summed E-state index contributed by atoms with van der Waals surface area (Å²) >= 11 is 6.15. The number of carboxylic acid groups (broad SMARTS) is 1. The summed E-state index contributed by atoms with van der Waals surface area (Å²) in [5.74, 6) is 0.998. The molecule has 1 N–H and O–H groups in total. The quantitative estimate of drug-likeness (QED) is 0.623.